The fourth-order valence-corrected chi connectivity index (χ4v) is 3.09. The van der Waals surface area contributed by atoms with E-state index in [1.54, 1.807) is 19.1 Å². The summed E-state index contributed by atoms with van der Waals surface area (Å²) in [5.41, 5.74) is 1.74. The van der Waals surface area contributed by atoms with Crippen LogP contribution in [-0.2, 0) is 0 Å². The highest BCUT2D eigenvalue weighted by Gasteiger charge is 2.15. The first-order valence-electron chi connectivity index (χ1n) is 6.64. The molecule has 1 N–H and O–H groups in total. The quantitative estimate of drug-likeness (QED) is 0.740. The van der Waals surface area contributed by atoms with E-state index in [4.69, 9.17) is 16.0 Å². The number of carbonyl (C=O) groups excluding carboxylic acids is 1. The van der Waals surface area contributed by atoms with E-state index < -0.39 is 0 Å². The number of amides is 1. The Morgan fingerprint density at radius 2 is 2.09 bits per heavy atom. The molecule has 0 atom stereocenters. The third kappa shape index (κ3) is 3.05. The Kier molecular flexibility index (Phi) is 4.00. The molecule has 0 radical (unpaired) electrons. The minimum atomic E-state index is -0.306. The molecule has 2 aromatic heterocycles. The van der Waals surface area contributed by atoms with Gasteiger partial charge in [-0.05, 0) is 38.1 Å². The minimum Gasteiger partial charge on any atom is -0.456 e. The standard InChI is InChI=1S/C16H13ClN2O2S/c1-9-6-7-13(21-9)15(20)19-16-18-14(10(2)22-16)11-4-3-5-12(17)8-11/h3-8H,1-2H3,(H,18,19,20). The molecule has 1 aromatic carbocycles. The number of nitrogens with one attached hydrogen (secondary N) is 1. The third-order valence-corrected chi connectivity index (χ3v) is 4.20. The van der Waals surface area contributed by atoms with Gasteiger partial charge in [0.1, 0.15) is 5.76 Å². The molecule has 0 aliphatic carbocycles. The maximum atomic E-state index is 12.1. The molecular weight excluding hydrogens is 320 g/mol. The first kappa shape index (κ1) is 14.8. The number of thiazole rings is 1. The molecule has 4 nitrogen and oxygen atoms in total. The SMILES string of the molecule is Cc1ccc(C(=O)Nc2nc(-c3cccc(Cl)c3)c(C)s2)o1. The molecule has 0 saturated carbocycles. The lowest BCUT2D eigenvalue weighted by molar-refractivity contribution is 0.0995. The monoisotopic (exact) mass is 332 g/mol. The lowest BCUT2D eigenvalue weighted by atomic mass is 10.1. The molecule has 2 heterocycles. The van der Waals surface area contributed by atoms with Gasteiger partial charge in [-0.1, -0.05) is 23.7 Å². The number of benzene rings is 1. The molecule has 0 unspecified atom stereocenters. The number of nitrogens with zero attached hydrogens (tertiary/aromatic N) is 1. The summed E-state index contributed by atoms with van der Waals surface area (Å²) >= 11 is 7.43. The van der Waals surface area contributed by atoms with Gasteiger partial charge in [-0.25, -0.2) is 4.98 Å². The Bertz CT molecular complexity index is 838. The average molecular weight is 333 g/mol. The van der Waals surface area contributed by atoms with E-state index in [-0.39, 0.29) is 11.7 Å². The molecule has 0 spiro atoms. The molecule has 6 heteroatoms. The van der Waals surface area contributed by atoms with Crippen molar-refractivity contribution in [3.8, 4) is 11.3 Å². The fraction of sp³-hybridized carbons (Fsp3) is 0.125. The largest absolute Gasteiger partial charge is 0.456 e. The van der Waals surface area contributed by atoms with Gasteiger partial charge in [-0.2, -0.15) is 0 Å². The number of anilines is 1. The lowest BCUT2D eigenvalue weighted by Crippen LogP contribution is -2.10. The molecule has 22 heavy (non-hydrogen) atoms. The summed E-state index contributed by atoms with van der Waals surface area (Å²) in [6, 6.07) is 10.9. The summed E-state index contributed by atoms with van der Waals surface area (Å²) in [5, 5.41) is 3.95. The van der Waals surface area contributed by atoms with Gasteiger partial charge < -0.3 is 4.42 Å². The third-order valence-electron chi connectivity index (χ3n) is 3.08. The van der Waals surface area contributed by atoms with Gasteiger partial charge in [0.15, 0.2) is 10.9 Å². The zero-order valence-electron chi connectivity index (χ0n) is 12.0. The number of aromatic nitrogens is 1. The highest BCUT2D eigenvalue weighted by molar-refractivity contribution is 7.16. The molecule has 1 amide bonds. The summed E-state index contributed by atoms with van der Waals surface area (Å²) in [6.45, 7) is 3.75. The number of halogens is 1. The van der Waals surface area contributed by atoms with Crippen LogP contribution in [0.2, 0.25) is 5.02 Å². The van der Waals surface area contributed by atoms with Crippen molar-refractivity contribution in [1.29, 1.82) is 0 Å². The van der Waals surface area contributed by atoms with Crippen LogP contribution in [0.1, 0.15) is 21.2 Å². The van der Waals surface area contributed by atoms with Crippen LogP contribution >= 0.6 is 22.9 Å². The number of rotatable bonds is 3. The summed E-state index contributed by atoms with van der Waals surface area (Å²) in [6.07, 6.45) is 0. The Balaban J connectivity index is 1.85. The van der Waals surface area contributed by atoms with E-state index in [1.165, 1.54) is 11.3 Å². The molecule has 0 saturated heterocycles. The minimum absolute atomic E-state index is 0.273. The van der Waals surface area contributed by atoms with Gasteiger partial charge in [-0.3, -0.25) is 10.1 Å². The van der Waals surface area contributed by atoms with Gasteiger partial charge in [0, 0.05) is 15.5 Å². The van der Waals surface area contributed by atoms with Crippen LogP contribution in [0.15, 0.2) is 40.8 Å². The number of furan rings is 1. The number of hydrogen-bond donors (Lipinski definition) is 1. The van der Waals surface area contributed by atoms with Crippen LogP contribution in [0.4, 0.5) is 5.13 Å². The zero-order valence-corrected chi connectivity index (χ0v) is 13.6. The van der Waals surface area contributed by atoms with Crippen molar-refractivity contribution in [2.45, 2.75) is 13.8 Å². The number of aryl methyl sites for hydroxylation is 2. The second-order valence-electron chi connectivity index (χ2n) is 4.80. The van der Waals surface area contributed by atoms with Gasteiger partial charge in [0.05, 0.1) is 5.69 Å². The molecular formula is C16H13ClN2O2S. The maximum Gasteiger partial charge on any atom is 0.293 e. The first-order chi connectivity index (χ1) is 10.5. The normalized spacial score (nSPS) is 10.7. The van der Waals surface area contributed by atoms with Crippen molar-refractivity contribution in [3.05, 3.63) is 57.8 Å². The smallest absolute Gasteiger partial charge is 0.293 e. The van der Waals surface area contributed by atoms with Crippen molar-refractivity contribution < 1.29 is 9.21 Å². The molecule has 0 bridgehead atoms. The predicted molar refractivity (Wildman–Crippen MR) is 88.7 cm³/mol. The predicted octanol–water partition coefficient (Wildman–Crippen LogP) is 4.93. The summed E-state index contributed by atoms with van der Waals surface area (Å²) in [7, 11) is 0. The van der Waals surface area contributed by atoms with Crippen molar-refractivity contribution in [2.75, 3.05) is 5.32 Å². The van der Waals surface area contributed by atoms with Crippen LogP contribution in [-0.4, -0.2) is 10.9 Å². The molecule has 112 valence electrons. The second-order valence-corrected chi connectivity index (χ2v) is 6.44. The van der Waals surface area contributed by atoms with Gasteiger partial charge in [-0.15, -0.1) is 11.3 Å². The summed E-state index contributed by atoms with van der Waals surface area (Å²) < 4.78 is 5.30. The van der Waals surface area contributed by atoms with E-state index in [9.17, 15) is 4.79 Å². The Hall–Kier alpha value is -2.11. The van der Waals surface area contributed by atoms with Crippen molar-refractivity contribution in [2.24, 2.45) is 0 Å². The van der Waals surface area contributed by atoms with Crippen molar-refractivity contribution in [3.63, 3.8) is 0 Å². The Morgan fingerprint density at radius 3 is 2.77 bits per heavy atom. The highest BCUT2D eigenvalue weighted by Crippen LogP contribution is 2.31. The number of hydrogen-bond acceptors (Lipinski definition) is 4. The zero-order chi connectivity index (χ0) is 15.7. The van der Waals surface area contributed by atoms with E-state index >= 15 is 0 Å². The Labute approximate surface area is 136 Å². The Morgan fingerprint density at radius 1 is 1.27 bits per heavy atom. The first-order valence-corrected chi connectivity index (χ1v) is 7.83. The summed E-state index contributed by atoms with van der Waals surface area (Å²) in [4.78, 5) is 17.6. The fourth-order valence-electron chi connectivity index (χ4n) is 2.07. The van der Waals surface area contributed by atoms with E-state index in [1.807, 2.05) is 31.2 Å². The van der Waals surface area contributed by atoms with E-state index in [0.29, 0.717) is 15.9 Å². The van der Waals surface area contributed by atoms with Crippen LogP contribution in [0.25, 0.3) is 11.3 Å². The van der Waals surface area contributed by atoms with E-state index in [0.717, 1.165) is 16.1 Å². The van der Waals surface area contributed by atoms with Crippen LogP contribution in [0.3, 0.4) is 0 Å². The highest BCUT2D eigenvalue weighted by atomic mass is 35.5. The molecule has 0 fully saturated rings. The second kappa shape index (κ2) is 5.94. The van der Waals surface area contributed by atoms with Crippen molar-refractivity contribution in [1.82, 2.24) is 4.98 Å². The number of carbonyl (C=O) groups is 1. The maximum absolute atomic E-state index is 12.1. The van der Waals surface area contributed by atoms with Crippen LogP contribution in [0, 0.1) is 13.8 Å². The van der Waals surface area contributed by atoms with Gasteiger partial charge >= 0.3 is 0 Å². The lowest BCUT2D eigenvalue weighted by Gasteiger charge is -1.99. The average Bonchev–Trinajstić information content (AvgIpc) is 3.05. The van der Waals surface area contributed by atoms with Gasteiger partial charge in [0.25, 0.3) is 5.91 Å². The topological polar surface area (TPSA) is 55.1 Å². The molecule has 3 rings (SSSR count). The molecule has 3 aromatic rings. The van der Waals surface area contributed by atoms with Crippen LogP contribution < -0.4 is 5.32 Å². The molecule has 0 aliphatic rings. The van der Waals surface area contributed by atoms with Crippen LogP contribution in [0.5, 0.6) is 0 Å². The summed E-state index contributed by atoms with van der Waals surface area (Å²) in [5.74, 6) is 0.661. The van der Waals surface area contributed by atoms with E-state index in [2.05, 4.69) is 10.3 Å². The van der Waals surface area contributed by atoms with Crippen molar-refractivity contribution >= 4 is 34.0 Å². The van der Waals surface area contributed by atoms with Gasteiger partial charge in [0.2, 0.25) is 0 Å². The molecule has 0 aliphatic heterocycles.